The minimum Gasteiger partial charge on any atom is -1.00 e. The number of aliphatic imine (C=N–C) groups is 1. The van der Waals surface area contributed by atoms with Gasteiger partial charge >= 0.3 is 0 Å². The highest BCUT2D eigenvalue weighted by molar-refractivity contribution is 5.98. The molecule has 106 valence electrons. The smallest absolute Gasteiger partial charge is 0.217 e. The van der Waals surface area contributed by atoms with Gasteiger partial charge < -0.3 is 12.4 Å². The van der Waals surface area contributed by atoms with Crippen molar-refractivity contribution in [1.82, 2.24) is 0 Å². The van der Waals surface area contributed by atoms with Crippen molar-refractivity contribution in [2.75, 3.05) is 6.54 Å². The summed E-state index contributed by atoms with van der Waals surface area (Å²) in [5, 5.41) is 0. The van der Waals surface area contributed by atoms with Gasteiger partial charge in [0.05, 0.1) is 6.20 Å². The van der Waals surface area contributed by atoms with Crippen LogP contribution in [-0.4, -0.2) is 18.7 Å². The fourth-order valence-electron chi connectivity index (χ4n) is 2.22. The number of carbonyl (C=O) groups is 1. The summed E-state index contributed by atoms with van der Waals surface area (Å²) in [4.78, 5) is 17.2. The second kappa shape index (κ2) is 6.97. The maximum absolute atomic E-state index is 12.3. The van der Waals surface area contributed by atoms with E-state index >= 15 is 0 Å². The molecule has 1 heterocycles. The molecule has 1 aliphatic heterocycles. The Labute approximate surface area is 130 Å². The Kier molecular flexibility index (Phi) is 5.04. The van der Waals surface area contributed by atoms with E-state index in [0.717, 1.165) is 21.6 Å². The van der Waals surface area contributed by atoms with Gasteiger partial charge in [0.1, 0.15) is 6.20 Å². The fourth-order valence-corrected chi connectivity index (χ4v) is 2.22. The zero-order valence-corrected chi connectivity index (χ0v) is 12.1. The fraction of sp³-hybridized carbons (Fsp3) is 0.0588. The molecule has 0 bridgehead atoms. The van der Waals surface area contributed by atoms with E-state index in [1.54, 1.807) is 12.5 Å². The highest BCUT2D eigenvalue weighted by Gasteiger charge is 2.15. The zero-order chi connectivity index (χ0) is 13.8. The standard InChI is InChI=1S/C17H14N2O.ClH/c20-17(12-19-10-9-18-13-19)16-8-4-7-15(11-16)14-5-2-1-3-6-14;/h1-11,13H,12H2;1H. The molecule has 2 aromatic rings. The van der Waals surface area contributed by atoms with Crippen LogP contribution in [0.15, 0.2) is 72.0 Å². The lowest BCUT2D eigenvalue weighted by atomic mass is 10.0. The van der Waals surface area contributed by atoms with Gasteiger partial charge in [-0.1, -0.05) is 48.5 Å². The number of ketones is 1. The maximum Gasteiger partial charge on any atom is 0.217 e. The van der Waals surface area contributed by atoms with E-state index in [9.17, 15) is 4.79 Å². The van der Waals surface area contributed by atoms with Crippen molar-refractivity contribution in [3.05, 3.63) is 72.6 Å². The van der Waals surface area contributed by atoms with Crippen molar-refractivity contribution in [1.29, 1.82) is 0 Å². The van der Waals surface area contributed by atoms with Crippen LogP contribution in [0.25, 0.3) is 11.1 Å². The lowest BCUT2D eigenvalue weighted by Gasteiger charge is -2.07. The number of halogens is 1. The first-order valence-electron chi connectivity index (χ1n) is 6.57. The molecule has 0 amide bonds. The summed E-state index contributed by atoms with van der Waals surface area (Å²) in [5.41, 5.74) is 2.93. The molecular formula is C17H15ClN2O. The number of hydrogen-bond donors (Lipinski definition) is 1. The van der Waals surface area contributed by atoms with Crippen LogP contribution in [0, 0.1) is 0 Å². The molecule has 21 heavy (non-hydrogen) atoms. The second-order valence-corrected chi connectivity index (χ2v) is 4.72. The number of carbonyl (C=O) groups excluding carboxylic acids is 1. The number of Topliss-reactive ketones (excluding diaryl/α,β-unsaturated/α-hetero) is 1. The lowest BCUT2D eigenvalue weighted by Crippen LogP contribution is -3.06. The van der Waals surface area contributed by atoms with Crippen LogP contribution in [0.5, 0.6) is 0 Å². The van der Waals surface area contributed by atoms with Crippen molar-refractivity contribution in [2.24, 2.45) is 4.99 Å². The van der Waals surface area contributed by atoms with E-state index in [1.165, 1.54) is 0 Å². The molecule has 3 rings (SSSR count). The largest absolute Gasteiger partial charge is 1.00 e. The Morgan fingerprint density at radius 1 is 1.00 bits per heavy atom. The summed E-state index contributed by atoms with van der Waals surface area (Å²) in [7, 11) is 0. The van der Waals surface area contributed by atoms with E-state index in [2.05, 4.69) is 4.99 Å². The van der Waals surface area contributed by atoms with Crippen molar-refractivity contribution in [3.63, 3.8) is 0 Å². The molecule has 0 saturated carbocycles. The molecule has 0 fully saturated rings. The third-order valence-electron chi connectivity index (χ3n) is 3.27. The molecule has 0 aliphatic carbocycles. The van der Waals surface area contributed by atoms with Crippen LogP contribution in [0.4, 0.5) is 0 Å². The summed E-state index contributed by atoms with van der Waals surface area (Å²) in [6.07, 6.45) is 5.32. The van der Waals surface area contributed by atoms with Gasteiger partial charge in [-0.15, -0.1) is 0 Å². The average molecular weight is 299 g/mol. The quantitative estimate of drug-likeness (QED) is 0.717. The highest BCUT2D eigenvalue weighted by Crippen LogP contribution is 2.19. The maximum atomic E-state index is 12.3. The summed E-state index contributed by atoms with van der Waals surface area (Å²) >= 11 is 0. The van der Waals surface area contributed by atoms with Gasteiger partial charge in [0.2, 0.25) is 5.78 Å². The number of benzene rings is 2. The Balaban J connectivity index is 0.00000161. The van der Waals surface area contributed by atoms with Gasteiger partial charge in [-0.25, -0.2) is 4.99 Å². The first kappa shape index (κ1) is 15.2. The Morgan fingerprint density at radius 3 is 2.48 bits per heavy atom. The number of nitrogens with one attached hydrogen (secondary N) is 1. The van der Waals surface area contributed by atoms with E-state index in [4.69, 9.17) is 0 Å². The minimum atomic E-state index is 0. The molecule has 0 saturated heterocycles. The Hall–Kier alpha value is -2.23. The van der Waals surface area contributed by atoms with Crippen molar-refractivity contribution in [3.8, 4) is 11.1 Å². The van der Waals surface area contributed by atoms with E-state index in [1.807, 2.05) is 60.8 Å². The van der Waals surface area contributed by atoms with Crippen LogP contribution >= 0.6 is 0 Å². The summed E-state index contributed by atoms with van der Waals surface area (Å²) in [5.74, 6) is 0.121. The van der Waals surface area contributed by atoms with Crippen LogP contribution in [0.3, 0.4) is 0 Å². The molecular weight excluding hydrogens is 284 g/mol. The molecule has 0 aromatic heterocycles. The zero-order valence-electron chi connectivity index (χ0n) is 11.4. The van der Waals surface area contributed by atoms with E-state index in [-0.39, 0.29) is 18.2 Å². The molecule has 0 spiro atoms. The molecule has 1 N–H and O–H groups in total. The lowest BCUT2D eigenvalue weighted by molar-refractivity contribution is -0.725. The van der Waals surface area contributed by atoms with Gasteiger partial charge in [0.15, 0.2) is 12.9 Å². The molecule has 3 nitrogen and oxygen atoms in total. The predicted octanol–water partition coefficient (Wildman–Crippen LogP) is -1.06. The Morgan fingerprint density at radius 2 is 1.76 bits per heavy atom. The molecule has 4 heteroatoms. The number of nitrogens with zero attached hydrogens (tertiary/aromatic N) is 1. The van der Waals surface area contributed by atoms with Crippen molar-refractivity contribution in [2.45, 2.75) is 0 Å². The number of hydrogen-bond acceptors (Lipinski definition) is 2. The third-order valence-corrected chi connectivity index (χ3v) is 3.27. The summed E-state index contributed by atoms with van der Waals surface area (Å²) < 4.78 is 0. The van der Waals surface area contributed by atoms with Gasteiger partial charge in [0.25, 0.3) is 0 Å². The second-order valence-electron chi connectivity index (χ2n) is 4.72. The van der Waals surface area contributed by atoms with Gasteiger partial charge in [-0.05, 0) is 17.2 Å². The minimum absolute atomic E-state index is 0. The number of rotatable bonds is 4. The molecule has 0 radical (unpaired) electrons. The van der Waals surface area contributed by atoms with E-state index < -0.39 is 0 Å². The first-order valence-corrected chi connectivity index (χ1v) is 6.57. The monoisotopic (exact) mass is 298 g/mol. The van der Waals surface area contributed by atoms with Gasteiger partial charge in [-0.3, -0.25) is 9.69 Å². The van der Waals surface area contributed by atoms with Crippen LogP contribution in [-0.2, 0) is 0 Å². The Bertz CT molecular complexity index is 668. The predicted molar refractivity (Wildman–Crippen MR) is 79.7 cm³/mol. The van der Waals surface area contributed by atoms with Crippen LogP contribution in [0.2, 0.25) is 0 Å². The highest BCUT2D eigenvalue weighted by atomic mass is 35.5. The topological polar surface area (TPSA) is 33.9 Å². The van der Waals surface area contributed by atoms with Gasteiger partial charge in [0, 0.05) is 5.56 Å². The summed E-state index contributed by atoms with van der Waals surface area (Å²) in [6.45, 7) is 0.401. The normalized spacial score (nSPS) is 15.7. The van der Waals surface area contributed by atoms with Crippen molar-refractivity contribution < 1.29 is 22.1 Å². The van der Waals surface area contributed by atoms with Crippen molar-refractivity contribution >= 4 is 12.1 Å². The van der Waals surface area contributed by atoms with E-state index in [0.29, 0.717) is 6.54 Å². The molecule has 1 unspecified atom stereocenters. The first-order chi connectivity index (χ1) is 9.83. The van der Waals surface area contributed by atoms with Gasteiger partial charge in [-0.2, -0.15) is 0 Å². The van der Waals surface area contributed by atoms with Crippen LogP contribution in [0.1, 0.15) is 10.4 Å². The van der Waals surface area contributed by atoms with Crippen LogP contribution < -0.4 is 17.3 Å². The molecule has 2 aromatic carbocycles. The molecule has 1 atom stereocenters. The SMILES string of the molecule is O=C(C[NH+]1C=CN=C1)c1cccc(-c2ccccc2)c1.[Cl-]. The third kappa shape index (κ3) is 3.66. The molecule has 1 aliphatic rings. The average Bonchev–Trinajstić information content (AvgIpc) is 3.01. The number of quaternary nitrogens is 1. The summed E-state index contributed by atoms with van der Waals surface area (Å²) in [6, 6.07) is 17.9.